The summed E-state index contributed by atoms with van der Waals surface area (Å²) in [5.41, 5.74) is 1.06. The minimum Gasteiger partial charge on any atom is -0.490 e. The minimum atomic E-state index is -2.84. The van der Waals surface area contributed by atoms with Crippen LogP contribution in [0.15, 0.2) is 18.2 Å². The highest BCUT2D eigenvalue weighted by molar-refractivity contribution is 5.85. The molecule has 0 aromatic heterocycles. The number of halogens is 3. The molecule has 1 aromatic carbocycles. The van der Waals surface area contributed by atoms with Crippen LogP contribution in [-0.4, -0.2) is 44.3 Å². The molecule has 0 atom stereocenters. The zero-order valence-corrected chi connectivity index (χ0v) is 15.8. The van der Waals surface area contributed by atoms with E-state index in [4.69, 9.17) is 4.74 Å². The van der Waals surface area contributed by atoms with Gasteiger partial charge in [-0.05, 0) is 69.6 Å². The van der Waals surface area contributed by atoms with E-state index < -0.39 is 6.61 Å². The first kappa shape index (κ1) is 21.9. The van der Waals surface area contributed by atoms with Gasteiger partial charge in [0.05, 0.1) is 6.61 Å². The van der Waals surface area contributed by atoms with Crippen LogP contribution >= 0.6 is 12.4 Å². The minimum absolute atomic E-state index is 0. The van der Waals surface area contributed by atoms with Crippen LogP contribution in [0.1, 0.15) is 32.3 Å². The summed E-state index contributed by atoms with van der Waals surface area (Å²) in [6, 6.07) is 5.22. The third kappa shape index (κ3) is 7.34. The number of nitrogens with zero attached hydrogens (tertiary/aromatic N) is 1. The van der Waals surface area contributed by atoms with Crippen LogP contribution < -0.4 is 14.8 Å². The molecule has 0 spiro atoms. The summed E-state index contributed by atoms with van der Waals surface area (Å²) in [4.78, 5) is 2.40. The van der Waals surface area contributed by atoms with E-state index in [-0.39, 0.29) is 18.2 Å². The lowest BCUT2D eigenvalue weighted by molar-refractivity contribution is -0.0514. The molecule has 1 aromatic rings. The lowest BCUT2D eigenvalue weighted by Crippen LogP contribution is -2.36. The van der Waals surface area contributed by atoms with Gasteiger partial charge in [-0.2, -0.15) is 8.78 Å². The molecule has 1 aliphatic heterocycles. The standard InChI is InChI=1S/C18H28F2N2O2.ClH/c1-3-21-12-14-7-9-22(10-8-14)13-15-5-6-16(24-18(19)20)17(11-15)23-4-2;/h5-6,11,14,18,21H,3-4,7-10,12-13H2,1-2H3;1H. The fourth-order valence-corrected chi connectivity index (χ4v) is 3.07. The second kappa shape index (κ2) is 11.5. The van der Waals surface area contributed by atoms with Crippen molar-refractivity contribution < 1.29 is 18.3 Å². The van der Waals surface area contributed by atoms with E-state index in [2.05, 4.69) is 21.9 Å². The number of ether oxygens (including phenoxy) is 2. The molecular formula is C18H29ClF2N2O2. The van der Waals surface area contributed by atoms with Gasteiger partial charge in [0.25, 0.3) is 0 Å². The number of piperidine rings is 1. The average molecular weight is 379 g/mol. The summed E-state index contributed by atoms with van der Waals surface area (Å²) < 4.78 is 34.9. The van der Waals surface area contributed by atoms with E-state index >= 15 is 0 Å². The van der Waals surface area contributed by atoms with Gasteiger partial charge in [-0.1, -0.05) is 13.0 Å². The van der Waals surface area contributed by atoms with Crippen LogP contribution in [0.2, 0.25) is 0 Å². The van der Waals surface area contributed by atoms with Crippen molar-refractivity contribution in [3.05, 3.63) is 23.8 Å². The van der Waals surface area contributed by atoms with Crippen molar-refractivity contribution in [2.75, 3.05) is 32.8 Å². The quantitative estimate of drug-likeness (QED) is 0.706. The molecule has 0 aliphatic carbocycles. The van der Waals surface area contributed by atoms with Gasteiger partial charge in [-0.3, -0.25) is 4.90 Å². The van der Waals surface area contributed by atoms with Gasteiger partial charge in [0.2, 0.25) is 0 Å². The molecule has 0 saturated carbocycles. The van der Waals surface area contributed by atoms with Crippen molar-refractivity contribution >= 4 is 12.4 Å². The SMILES string of the molecule is CCNCC1CCN(Cc2ccc(OC(F)F)c(OCC)c2)CC1.Cl. The van der Waals surface area contributed by atoms with E-state index in [9.17, 15) is 8.78 Å². The molecule has 0 radical (unpaired) electrons. The van der Waals surface area contributed by atoms with Crippen molar-refractivity contribution in [2.24, 2.45) is 5.92 Å². The van der Waals surface area contributed by atoms with Gasteiger partial charge in [0, 0.05) is 6.54 Å². The Bertz CT molecular complexity index is 498. The van der Waals surface area contributed by atoms with Gasteiger partial charge in [-0.25, -0.2) is 0 Å². The Morgan fingerprint density at radius 2 is 1.92 bits per heavy atom. The van der Waals surface area contributed by atoms with Crippen LogP contribution in [0.25, 0.3) is 0 Å². The molecule has 1 N–H and O–H groups in total. The van der Waals surface area contributed by atoms with Crippen LogP contribution in [0.5, 0.6) is 11.5 Å². The average Bonchev–Trinajstić information content (AvgIpc) is 2.56. The number of rotatable bonds is 9. The molecule has 7 heteroatoms. The van der Waals surface area contributed by atoms with Crippen LogP contribution in [0.3, 0.4) is 0 Å². The largest absolute Gasteiger partial charge is 0.490 e. The lowest BCUT2D eigenvalue weighted by atomic mass is 9.96. The maximum Gasteiger partial charge on any atom is 0.387 e. The molecule has 4 nitrogen and oxygen atoms in total. The summed E-state index contributed by atoms with van der Waals surface area (Å²) in [6.07, 6.45) is 2.38. The first-order valence-electron chi connectivity index (χ1n) is 8.76. The molecule has 1 fully saturated rings. The number of alkyl halides is 2. The molecule has 1 saturated heterocycles. The summed E-state index contributed by atoms with van der Waals surface area (Å²) in [7, 11) is 0. The van der Waals surface area contributed by atoms with E-state index in [0.29, 0.717) is 12.4 Å². The van der Waals surface area contributed by atoms with E-state index in [1.165, 1.54) is 12.8 Å². The highest BCUT2D eigenvalue weighted by atomic mass is 35.5. The van der Waals surface area contributed by atoms with Crippen LogP contribution in [0.4, 0.5) is 8.78 Å². The first-order chi connectivity index (χ1) is 11.6. The second-order valence-electron chi connectivity index (χ2n) is 6.12. The number of hydrogen-bond acceptors (Lipinski definition) is 4. The zero-order valence-electron chi connectivity index (χ0n) is 15.0. The molecule has 144 valence electrons. The highest BCUT2D eigenvalue weighted by Crippen LogP contribution is 2.30. The van der Waals surface area contributed by atoms with Crippen LogP contribution in [0, 0.1) is 5.92 Å². The Balaban J connectivity index is 0.00000312. The molecule has 0 unspecified atom stereocenters. The number of likely N-dealkylation sites (tertiary alicyclic amines) is 1. The van der Waals surface area contributed by atoms with Crippen molar-refractivity contribution in [1.29, 1.82) is 0 Å². The third-order valence-corrected chi connectivity index (χ3v) is 4.32. The maximum atomic E-state index is 12.4. The maximum absolute atomic E-state index is 12.4. The monoisotopic (exact) mass is 378 g/mol. The first-order valence-corrected chi connectivity index (χ1v) is 8.76. The summed E-state index contributed by atoms with van der Waals surface area (Å²) in [5, 5.41) is 3.42. The Hall–Kier alpha value is -1.11. The van der Waals surface area contributed by atoms with Gasteiger partial charge in [0.15, 0.2) is 11.5 Å². The number of nitrogens with one attached hydrogen (secondary N) is 1. The number of hydrogen-bond donors (Lipinski definition) is 1. The molecule has 25 heavy (non-hydrogen) atoms. The predicted octanol–water partition coefficient (Wildman–Crippen LogP) is 3.93. The van der Waals surface area contributed by atoms with E-state index in [1.54, 1.807) is 6.07 Å². The van der Waals surface area contributed by atoms with Crippen molar-refractivity contribution in [3.8, 4) is 11.5 Å². The lowest BCUT2D eigenvalue weighted by Gasteiger charge is -2.32. The topological polar surface area (TPSA) is 33.7 Å². The molecule has 1 heterocycles. The van der Waals surface area contributed by atoms with Gasteiger partial charge < -0.3 is 14.8 Å². The fraction of sp³-hybridized carbons (Fsp3) is 0.667. The van der Waals surface area contributed by atoms with Crippen LogP contribution in [-0.2, 0) is 6.54 Å². The zero-order chi connectivity index (χ0) is 17.4. The van der Waals surface area contributed by atoms with Crippen molar-refractivity contribution in [3.63, 3.8) is 0 Å². The molecule has 1 aliphatic rings. The van der Waals surface area contributed by atoms with Crippen molar-refractivity contribution in [1.82, 2.24) is 10.2 Å². The summed E-state index contributed by atoms with van der Waals surface area (Å²) in [5.74, 6) is 1.24. The molecule has 2 rings (SSSR count). The normalized spacial score (nSPS) is 15.9. The van der Waals surface area contributed by atoms with E-state index in [0.717, 1.165) is 44.2 Å². The fourth-order valence-electron chi connectivity index (χ4n) is 3.07. The molecular weight excluding hydrogens is 350 g/mol. The van der Waals surface area contributed by atoms with Gasteiger partial charge >= 0.3 is 6.61 Å². The van der Waals surface area contributed by atoms with Gasteiger partial charge in [-0.15, -0.1) is 12.4 Å². The Kier molecular flexibility index (Phi) is 10.1. The highest BCUT2D eigenvalue weighted by Gasteiger charge is 2.19. The Labute approximate surface area is 155 Å². The Morgan fingerprint density at radius 1 is 1.20 bits per heavy atom. The van der Waals surface area contributed by atoms with E-state index in [1.807, 2.05) is 19.1 Å². The number of benzene rings is 1. The summed E-state index contributed by atoms with van der Waals surface area (Å²) in [6.45, 7) is 6.59. The predicted molar refractivity (Wildman–Crippen MR) is 98.0 cm³/mol. The second-order valence-corrected chi connectivity index (χ2v) is 6.12. The Morgan fingerprint density at radius 3 is 2.52 bits per heavy atom. The molecule has 0 amide bonds. The summed E-state index contributed by atoms with van der Waals surface area (Å²) >= 11 is 0. The third-order valence-electron chi connectivity index (χ3n) is 4.32. The smallest absolute Gasteiger partial charge is 0.387 e. The van der Waals surface area contributed by atoms with Crippen molar-refractivity contribution in [2.45, 2.75) is 39.8 Å². The van der Waals surface area contributed by atoms with Gasteiger partial charge in [0.1, 0.15) is 0 Å². The molecule has 0 bridgehead atoms.